The number of anilines is 6. The number of allylic oxidation sites excluding steroid dienone is 2. The van der Waals surface area contributed by atoms with Gasteiger partial charge in [-0.05, 0) is 182 Å². The molecule has 8 aromatic rings. The van der Waals surface area contributed by atoms with E-state index in [1.165, 1.54) is 135 Å². The van der Waals surface area contributed by atoms with Gasteiger partial charge in [0.15, 0.2) is 0 Å². The van der Waals surface area contributed by atoms with E-state index in [0.717, 1.165) is 12.8 Å². The van der Waals surface area contributed by atoms with Crippen molar-refractivity contribution >= 4 is 74.9 Å². The molecule has 0 atom stereocenters. The summed E-state index contributed by atoms with van der Waals surface area (Å²) in [5.74, 6) is 0. The van der Waals surface area contributed by atoms with Crippen molar-refractivity contribution in [1.29, 1.82) is 0 Å². The molecule has 0 aromatic heterocycles. The molecular formula is C64H62N2S2. The van der Waals surface area contributed by atoms with Crippen LogP contribution in [0.3, 0.4) is 0 Å². The first-order valence-corrected chi connectivity index (χ1v) is 26.0. The zero-order valence-electron chi connectivity index (χ0n) is 40.4. The Morgan fingerprint density at radius 1 is 0.456 bits per heavy atom. The van der Waals surface area contributed by atoms with E-state index < -0.39 is 0 Å². The maximum Gasteiger partial charge on any atom is 0.0602 e. The first-order chi connectivity index (χ1) is 33.3. The molecule has 2 nitrogen and oxygen atoms in total. The second kappa shape index (κ2) is 21.7. The van der Waals surface area contributed by atoms with Crippen LogP contribution in [0, 0.1) is 13.8 Å². The van der Waals surface area contributed by atoms with Gasteiger partial charge >= 0.3 is 0 Å². The summed E-state index contributed by atoms with van der Waals surface area (Å²) < 4.78 is 0. The molecule has 0 N–H and O–H groups in total. The van der Waals surface area contributed by atoms with E-state index >= 15 is 0 Å². The first-order valence-electron chi connectivity index (χ1n) is 24.4. The van der Waals surface area contributed by atoms with Gasteiger partial charge in [0.2, 0.25) is 0 Å². The minimum Gasteiger partial charge on any atom is -0.308 e. The molecule has 10 rings (SSSR count). The van der Waals surface area contributed by atoms with E-state index in [-0.39, 0.29) is 0 Å². The van der Waals surface area contributed by atoms with Crippen molar-refractivity contribution in [3.8, 4) is 0 Å². The maximum absolute atomic E-state index is 2.42. The molecule has 0 saturated heterocycles. The summed E-state index contributed by atoms with van der Waals surface area (Å²) in [6, 6.07) is 66.9. The van der Waals surface area contributed by atoms with Crippen LogP contribution >= 0.6 is 23.5 Å². The number of benzene rings is 8. The van der Waals surface area contributed by atoms with Gasteiger partial charge in [-0.2, -0.15) is 0 Å². The minimum absolute atomic E-state index is 1.15. The van der Waals surface area contributed by atoms with Gasteiger partial charge in [0.05, 0.1) is 22.7 Å². The van der Waals surface area contributed by atoms with Gasteiger partial charge in [0.1, 0.15) is 0 Å². The lowest BCUT2D eigenvalue weighted by Gasteiger charge is -2.33. The normalized spacial score (nSPS) is 12.9. The van der Waals surface area contributed by atoms with Gasteiger partial charge in [-0.1, -0.05) is 172 Å². The highest BCUT2D eigenvalue weighted by Gasteiger charge is 2.27. The zero-order chi connectivity index (χ0) is 47.0. The molecule has 68 heavy (non-hydrogen) atoms. The molecule has 0 unspecified atom stereocenters. The van der Waals surface area contributed by atoms with Crippen LogP contribution in [-0.2, 0) is 12.8 Å². The van der Waals surface area contributed by atoms with Crippen LogP contribution in [0.25, 0.3) is 17.2 Å². The Morgan fingerprint density at radius 3 is 1.38 bits per heavy atom. The van der Waals surface area contributed by atoms with Crippen LogP contribution in [0.4, 0.5) is 34.1 Å². The number of hydrogen-bond donors (Lipinski definition) is 0. The molecule has 4 heteroatoms. The van der Waals surface area contributed by atoms with Crippen molar-refractivity contribution in [3.05, 3.63) is 233 Å². The Balaban J connectivity index is 0.000000170. The molecule has 0 fully saturated rings. The second-order valence-corrected chi connectivity index (χ2v) is 20.2. The molecule has 340 valence electrons. The van der Waals surface area contributed by atoms with E-state index in [9.17, 15) is 0 Å². The molecular weight excluding hydrogens is 861 g/mol. The van der Waals surface area contributed by atoms with Crippen molar-refractivity contribution in [2.45, 2.75) is 99.6 Å². The average molecular weight is 923 g/mol. The SMILES string of the molecule is CC=C(c1ccccc1)c1ccc2c(c1)Sc1cc(C)ccc1N2c1ccc(CCCC)cc1.CCCCc1ccc(N2c3ccc(C)cc3Sc3cc(C=C(C)c4ccccc4)ccc32)cc1. The van der Waals surface area contributed by atoms with E-state index in [1.807, 2.05) is 23.5 Å². The third-order valence-corrected chi connectivity index (χ3v) is 15.1. The molecule has 0 aliphatic carbocycles. The number of hydrogen-bond acceptors (Lipinski definition) is 4. The molecule has 0 bridgehead atoms. The van der Waals surface area contributed by atoms with Crippen LogP contribution in [0.5, 0.6) is 0 Å². The quantitative estimate of drug-likeness (QED) is 0.113. The molecule has 0 amide bonds. The van der Waals surface area contributed by atoms with Gasteiger partial charge in [-0.25, -0.2) is 0 Å². The summed E-state index contributed by atoms with van der Waals surface area (Å²) in [6.07, 6.45) is 11.7. The molecule has 0 saturated carbocycles. The average Bonchev–Trinajstić information content (AvgIpc) is 3.37. The summed E-state index contributed by atoms with van der Waals surface area (Å²) >= 11 is 3.75. The molecule has 0 radical (unpaired) electrons. The molecule has 2 heterocycles. The number of nitrogens with zero attached hydrogens (tertiary/aromatic N) is 2. The largest absolute Gasteiger partial charge is 0.308 e. The highest BCUT2D eigenvalue weighted by Crippen LogP contribution is 2.54. The van der Waals surface area contributed by atoms with E-state index in [2.05, 4.69) is 245 Å². The van der Waals surface area contributed by atoms with Crippen molar-refractivity contribution in [2.24, 2.45) is 0 Å². The lowest BCUT2D eigenvalue weighted by Crippen LogP contribution is -2.15. The predicted octanol–water partition coefficient (Wildman–Crippen LogP) is 19.6. The van der Waals surface area contributed by atoms with E-state index in [4.69, 9.17) is 0 Å². The summed E-state index contributed by atoms with van der Waals surface area (Å²) in [7, 11) is 0. The van der Waals surface area contributed by atoms with Crippen molar-refractivity contribution in [3.63, 3.8) is 0 Å². The van der Waals surface area contributed by atoms with Gasteiger partial charge in [0.25, 0.3) is 0 Å². The Hall–Kier alpha value is -6.46. The van der Waals surface area contributed by atoms with Crippen molar-refractivity contribution in [2.75, 3.05) is 9.80 Å². The fourth-order valence-corrected chi connectivity index (χ4v) is 11.6. The van der Waals surface area contributed by atoms with Crippen LogP contribution < -0.4 is 9.80 Å². The first kappa shape index (κ1) is 46.6. The summed E-state index contributed by atoms with van der Waals surface area (Å²) in [5.41, 5.74) is 20.4. The highest BCUT2D eigenvalue weighted by molar-refractivity contribution is 8.00. The fraction of sp³-hybridized carbons (Fsp3) is 0.188. The number of aryl methyl sites for hydroxylation is 4. The summed E-state index contributed by atoms with van der Waals surface area (Å²) in [5, 5.41) is 0. The summed E-state index contributed by atoms with van der Waals surface area (Å²) in [4.78, 5) is 10.0. The Labute approximate surface area is 414 Å². The highest BCUT2D eigenvalue weighted by atomic mass is 32.2. The zero-order valence-corrected chi connectivity index (χ0v) is 42.1. The number of rotatable bonds is 12. The third-order valence-electron chi connectivity index (χ3n) is 12.9. The molecule has 8 aromatic carbocycles. The predicted molar refractivity (Wildman–Crippen MR) is 296 cm³/mol. The Bertz CT molecular complexity index is 3060. The lowest BCUT2D eigenvalue weighted by atomic mass is 9.97. The summed E-state index contributed by atoms with van der Waals surface area (Å²) in [6.45, 7) is 13.2. The van der Waals surface area contributed by atoms with Gasteiger partial charge in [-0.3, -0.25) is 0 Å². The standard InChI is InChI=1S/2C32H31NS/c1-4-5-9-25-13-16-28(17-14-25)33-29-18-12-23(2)20-31(29)34-32-22-26(15-19-30(32)33)21-24(3)27-10-7-6-8-11-27;1-4-6-10-24-14-17-27(18-15-24)33-29-19-13-23(3)21-31(29)34-32-22-26(16-20-30(32)33)28(5-2)25-11-8-7-9-12-25/h6-8,10-22H,4-5,9H2,1-3H3;5,7-9,11-22H,4,6,10H2,1-3H3. The maximum atomic E-state index is 2.42. The molecule has 2 aliphatic rings. The van der Waals surface area contributed by atoms with E-state index in [0.29, 0.717) is 0 Å². The second-order valence-electron chi connectivity index (χ2n) is 18.0. The fourth-order valence-electron chi connectivity index (χ4n) is 9.20. The minimum atomic E-state index is 1.15. The Kier molecular flexibility index (Phi) is 14.9. The Morgan fingerprint density at radius 2 is 0.897 bits per heavy atom. The third kappa shape index (κ3) is 10.5. The van der Waals surface area contributed by atoms with Crippen LogP contribution in [0.1, 0.15) is 97.9 Å². The van der Waals surface area contributed by atoms with Gasteiger partial charge < -0.3 is 9.80 Å². The van der Waals surface area contributed by atoms with E-state index in [1.54, 1.807) is 0 Å². The number of fused-ring (bicyclic) bond motifs is 4. The van der Waals surface area contributed by atoms with Gasteiger partial charge in [0, 0.05) is 31.0 Å². The smallest absolute Gasteiger partial charge is 0.0602 e. The van der Waals surface area contributed by atoms with Crippen LogP contribution in [0.15, 0.2) is 208 Å². The topological polar surface area (TPSA) is 6.48 Å². The van der Waals surface area contributed by atoms with Crippen LogP contribution in [0.2, 0.25) is 0 Å². The van der Waals surface area contributed by atoms with Crippen molar-refractivity contribution < 1.29 is 0 Å². The molecule has 2 aliphatic heterocycles. The van der Waals surface area contributed by atoms with Gasteiger partial charge in [-0.15, -0.1) is 0 Å². The van der Waals surface area contributed by atoms with Crippen molar-refractivity contribution in [1.82, 2.24) is 0 Å². The lowest BCUT2D eigenvalue weighted by molar-refractivity contribution is 0.795. The monoisotopic (exact) mass is 922 g/mol. The van der Waals surface area contributed by atoms with Crippen LogP contribution in [-0.4, -0.2) is 0 Å². The number of unbranched alkanes of at least 4 members (excludes halogenated alkanes) is 2. The molecule has 0 spiro atoms.